The van der Waals surface area contributed by atoms with Crippen molar-refractivity contribution >= 4 is 16.9 Å². The van der Waals surface area contributed by atoms with Gasteiger partial charge in [0, 0.05) is 18.7 Å². The van der Waals surface area contributed by atoms with Gasteiger partial charge in [-0.15, -0.1) is 4.98 Å². The molecule has 1 saturated heterocycles. The summed E-state index contributed by atoms with van der Waals surface area (Å²) in [4.78, 5) is 13.8. The van der Waals surface area contributed by atoms with Crippen molar-refractivity contribution in [3.8, 4) is 11.3 Å². The molecule has 2 aromatic heterocycles. The van der Waals surface area contributed by atoms with E-state index in [1.807, 2.05) is 25.1 Å². The Balaban J connectivity index is 1.86. The summed E-state index contributed by atoms with van der Waals surface area (Å²) in [6.45, 7) is 3.12. The maximum absolute atomic E-state index is 9.64. The molecule has 23 heavy (non-hydrogen) atoms. The molecule has 118 valence electrons. The fourth-order valence-electron chi connectivity index (χ4n) is 3.46. The van der Waals surface area contributed by atoms with Crippen LogP contribution in [0.2, 0.25) is 0 Å². The van der Waals surface area contributed by atoms with Crippen molar-refractivity contribution in [1.29, 1.82) is 0 Å². The molecule has 0 unspecified atom stereocenters. The summed E-state index contributed by atoms with van der Waals surface area (Å²) < 4.78 is 0. The van der Waals surface area contributed by atoms with Crippen LogP contribution in [0.1, 0.15) is 18.7 Å². The normalized spacial score (nSPS) is 18.0. The van der Waals surface area contributed by atoms with Crippen LogP contribution < -0.4 is 9.88 Å². The molecule has 3 N–H and O–H groups in total. The van der Waals surface area contributed by atoms with Gasteiger partial charge in [0.1, 0.15) is 0 Å². The highest BCUT2D eigenvalue weighted by Crippen LogP contribution is 2.30. The minimum absolute atomic E-state index is 0.180. The van der Waals surface area contributed by atoms with E-state index in [1.165, 1.54) is 0 Å². The number of H-pyrrole nitrogens is 2. The Labute approximate surface area is 135 Å². The Morgan fingerprint density at radius 1 is 1.35 bits per heavy atom. The fourth-order valence-corrected chi connectivity index (χ4v) is 3.46. The first kappa shape index (κ1) is 14.2. The van der Waals surface area contributed by atoms with E-state index in [1.54, 1.807) is 0 Å². The van der Waals surface area contributed by atoms with Gasteiger partial charge in [0.15, 0.2) is 11.0 Å². The number of hydrogen-bond donors (Lipinski definition) is 2. The van der Waals surface area contributed by atoms with E-state index in [-0.39, 0.29) is 12.6 Å². The lowest BCUT2D eigenvalue weighted by Crippen LogP contribution is -2.37. The molecule has 0 saturated carbocycles. The lowest BCUT2D eigenvalue weighted by Gasteiger charge is -2.19. The van der Waals surface area contributed by atoms with Crippen LogP contribution in [-0.2, 0) is 0 Å². The Morgan fingerprint density at radius 3 is 2.96 bits per heavy atom. The largest absolute Gasteiger partial charge is 0.393 e. The number of anilines is 1. The van der Waals surface area contributed by atoms with Gasteiger partial charge in [0.2, 0.25) is 11.6 Å². The summed E-state index contributed by atoms with van der Waals surface area (Å²) in [7, 11) is 0. The highest BCUT2D eigenvalue weighted by Gasteiger charge is 2.32. The van der Waals surface area contributed by atoms with Gasteiger partial charge in [0.25, 0.3) is 0 Å². The predicted octanol–water partition coefficient (Wildman–Crippen LogP) is 2.31. The molecule has 0 radical (unpaired) electrons. The Morgan fingerprint density at radius 2 is 2.17 bits per heavy atom. The zero-order valence-electron chi connectivity index (χ0n) is 13.2. The van der Waals surface area contributed by atoms with Crippen LogP contribution in [-0.4, -0.2) is 34.3 Å². The van der Waals surface area contributed by atoms with Gasteiger partial charge in [0.05, 0.1) is 19.2 Å². The van der Waals surface area contributed by atoms with Gasteiger partial charge in [-0.3, -0.25) is 4.90 Å². The van der Waals surface area contributed by atoms with Crippen molar-refractivity contribution in [3.63, 3.8) is 0 Å². The number of aromatic nitrogens is 3. The average Bonchev–Trinajstić information content (AvgIpc) is 3.21. The van der Waals surface area contributed by atoms with E-state index in [2.05, 4.69) is 38.1 Å². The van der Waals surface area contributed by atoms with Gasteiger partial charge < -0.3 is 10.1 Å². The molecule has 0 aliphatic carbocycles. The van der Waals surface area contributed by atoms with E-state index >= 15 is 0 Å². The predicted molar refractivity (Wildman–Crippen MR) is 90.3 cm³/mol. The van der Waals surface area contributed by atoms with Crippen molar-refractivity contribution in [2.75, 3.05) is 18.1 Å². The van der Waals surface area contributed by atoms with Crippen molar-refractivity contribution in [2.45, 2.75) is 25.8 Å². The lowest BCUT2D eigenvalue weighted by molar-refractivity contribution is -0.377. The highest BCUT2D eigenvalue weighted by atomic mass is 16.3. The summed E-state index contributed by atoms with van der Waals surface area (Å²) in [5, 5.41) is 9.64. The van der Waals surface area contributed by atoms with Crippen molar-refractivity contribution in [1.82, 2.24) is 9.97 Å². The van der Waals surface area contributed by atoms with Crippen LogP contribution in [0, 0.1) is 6.92 Å². The van der Waals surface area contributed by atoms with Crippen molar-refractivity contribution in [3.05, 3.63) is 42.2 Å². The first-order chi connectivity index (χ1) is 11.3. The van der Waals surface area contributed by atoms with Gasteiger partial charge in [-0.2, -0.15) is 0 Å². The number of rotatable bonds is 3. The summed E-state index contributed by atoms with van der Waals surface area (Å²) in [5.41, 5.74) is 4.18. The maximum atomic E-state index is 9.64. The second-order valence-corrected chi connectivity index (χ2v) is 6.15. The molecule has 3 heterocycles. The number of nitrogens with zero attached hydrogens (tertiary/aromatic N) is 2. The van der Waals surface area contributed by atoms with Crippen LogP contribution in [0.4, 0.5) is 5.82 Å². The third kappa shape index (κ3) is 2.47. The number of aliphatic hydroxyl groups excluding tert-OH is 1. The fraction of sp³-hybridized carbons (Fsp3) is 0.333. The molecule has 1 fully saturated rings. The third-order valence-electron chi connectivity index (χ3n) is 4.58. The van der Waals surface area contributed by atoms with E-state index in [9.17, 15) is 5.11 Å². The van der Waals surface area contributed by atoms with Crippen molar-refractivity contribution in [2.24, 2.45) is 0 Å². The molecule has 4 rings (SSSR count). The molecule has 3 aromatic rings. The van der Waals surface area contributed by atoms with E-state index in [4.69, 9.17) is 0 Å². The van der Waals surface area contributed by atoms with E-state index in [0.29, 0.717) is 0 Å². The molecular weight excluding hydrogens is 288 g/mol. The number of nitrogens with one attached hydrogen (secondary N) is 2. The van der Waals surface area contributed by atoms with Crippen LogP contribution in [0.15, 0.2) is 36.4 Å². The van der Waals surface area contributed by atoms with Crippen LogP contribution >= 0.6 is 0 Å². The van der Waals surface area contributed by atoms with Crippen LogP contribution in [0.5, 0.6) is 0 Å². The average molecular weight is 309 g/mol. The number of hydrogen-bond acceptors (Lipinski definition) is 3. The number of benzene rings is 1. The van der Waals surface area contributed by atoms with E-state index in [0.717, 1.165) is 53.3 Å². The monoisotopic (exact) mass is 309 g/mol. The highest BCUT2D eigenvalue weighted by molar-refractivity contribution is 5.89. The zero-order valence-corrected chi connectivity index (χ0v) is 13.2. The second kappa shape index (κ2) is 5.66. The first-order valence-corrected chi connectivity index (χ1v) is 8.12. The van der Waals surface area contributed by atoms with Gasteiger partial charge in [-0.05, 0) is 18.4 Å². The number of fused-ring (bicyclic) bond motifs is 1. The summed E-state index contributed by atoms with van der Waals surface area (Å²) >= 11 is 0. The van der Waals surface area contributed by atoms with E-state index < -0.39 is 0 Å². The Hall–Kier alpha value is -2.40. The summed E-state index contributed by atoms with van der Waals surface area (Å²) in [6, 6.07) is 12.5. The Kier molecular flexibility index (Phi) is 3.50. The molecule has 5 nitrogen and oxygen atoms in total. The molecular formula is C18H21N4O+. The third-order valence-corrected chi connectivity index (χ3v) is 4.58. The molecule has 0 bridgehead atoms. The molecule has 0 spiro atoms. The summed E-state index contributed by atoms with van der Waals surface area (Å²) in [5.74, 6) is 1.92. The quantitative estimate of drug-likeness (QED) is 0.780. The number of aromatic amines is 2. The lowest BCUT2D eigenvalue weighted by atomic mass is 10.2. The Bertz CT molecular complexity index is 828. The summed E-state index contributed by atoms with van der Waals surface area (Å²) in [6.07, 6.45) is 2.13. The molecule has 1 aliphatic rings. The second-order valence-electron chi connectivity index (χ2n) is 6.15. The zero-order chi connectivity index (χ0) is 15.8. The molecule has 0 amide bonds. The molecule has 1 aromatic carbocycles. The van der Waals surface area contributed by atoms with Crippen LogP contribution in [0.3, 0.4) is 0 Å². The topological polar surface area (TPSA) is 66.3 Å². The smallest absolute Gasteiger partial charge is 0.249 e. The SMILES string of the molecule is Cc1nc2cc(-c3ccccc3)[nH]c2c(N2CCC[C@H]2CO)[nH+]1. The maximum Gasteiger partial charge on any atom is 0.249 e. The van der Waals surface area contributed by atoms with Gasteiger partial charge >= 0.3 is 0 Å². The standard InChI is InChI=1S/C18H20N4O/c1-12-19-16-10-15(13-6-3-2-4-7-13)21-17(16)18(20-12)22-9-5-8-14(22)11-23/h2-4,6-7,10,14,21,23H,5,8-9,11H2,1H3/p+1/t14-/m0/s1. The van der Waals surface area contributed by atoms with Gasteiger partial charge in [-0.25, -0.2) is 4.98 Å². The van der Waals surface area contributed by atoms with Crippen LogP contribution in [0.25, 0.3) is 22.3 Å². The number of aliphatic hydroxyl groups is 1. The number of aryl methyl sites for hydroxylation is 1. The minimum Gasteiger partial charge on any atom is -0.393 e. The molecule has 5 heteroatoms. The minimum atomic E-state index is 0.180. The van der Waals surface area contributed by atoms with Crippen molar-refractivity contribution < 1.29 is 10.1 Å². The molecule has 1 atom stereocenters. The first-order valence-electron chi connectivity index (χ1n) is 8.12. The van der Waals surface area contributed by atoms with Gasteiger partial charge in [-0.1, -0.05) is 30.3 Å². The molecule has 1 aliphatic heterocycles.